The van der Waals surface area contributed by atoms with Crippen LogP contribution in [0.4, 0.5) is 5.82 Å². The third-order valence-corrected chi connectivity index (χ3v) is 4.53. The van der Waals surface area contributed by atoms with E-state index >= 15 is 0 Å². The molecule has 3 rings (SSSR count). The van der Waals surface area contributed by atoms with Gasteiger partial charge in [-0.25, -0.2) is 9.97 Å². The number of allylic oxidation sites excluding steroid dienone is 2. The van der Waals surface area contributed by atoms with Gasteiger partial charge in [-0.2, -0.15) is 0 Å². The zero-order valence-corrected chi connectivity index (χ0v) is 15.9. The molecule has 0 aromatic carbocycles. The van der Waals surface area contributed by atoms with E-state index in [4.69, 9.17) is 4.74 Å². The average Bonchev–Trinajstić information content (AvgIpc) is 2.71. The lowest BCUT2D eigenvalue weighted by molar-refractivity contribution is -0.120. The molecule has 1 saturated heterocycles. The van der Waals surface area contributed by atoms with Gasteiger partial charge >= 0.3 is 0 Å². The van der Waals surface area contributed by atoms with Gasteiger partial charge in [0.05, 0.1) is 17.7 Å². The van der Waals surface area contributed by atoms with Gasteiger partial charge in [-0.1, -0.05) is 6.92 Å². The summed E-state index contributed by atoms with van der Waals surface area (Å²) < 4.78 is 5.67. The van der Waals surface area contributed by atoms with Crippen LogP contribution in [-0.4, -0.2) is 29.0 Å². The van der Waals surface area contributed by atoms with Crippen molar-refractivity contribution in [3.8, 4) is 0 Å². The number of piperidine rings is 1. The summed E-state index contributed by atoms with van der Waals surface area (Å²) in [5.74, 6) is 1.21. The Morgan fingerprint density at radius 1 is 1.44 bits per heavy atom. The third-order valence-electron chi connectivity index (χ3n) is 4.53. The number of hydrogen-bond acceptors (Lipinski definition) is 5. The van der Waals surface area contributed by atoms with Crippen LogP contribution < -0.4 is 10.6 Å². The van der Waals surface area contributed by atoms with Gasteiger partial charge in [0.15, 0.2) is 0 Å². The maximum atomic E-state index is 12.4. The highest BCUT2D eigenvalue weighted by Gasteiger charge is 2.21. The first kappa shape index (κ1) is 19.0. The number of fused-ring (bicyclic) bond motifs is 1. The normalized spacial score (nSPS) is 18.0. The molecule has 0 radical (unpaired) electrons. The molecule has 6 heteroatoms. The summed E-state index contributed by atoms with van der Waals surface area (Å²) in [6.07, 6.45) is 10.1. The van der Waals surface area contributed by atoms with Gasteiger partial charge in [-0.05, 0) is 57.0 Å². The average molecular weight is 366 g/mol. The van der Waals surface area contributed by atoms with Crippen molar-refractivity contribution < 1.29 is 9.53 Å². The van der Waals surface area contributed by atoms with Crippen molar-refractivity contribution >= 4 is 28.4 Å². The number of carbonyl (C=O) groups excluding carboxylic acids is 1. The summed E-state index contributed by atoms with van der Waals surface area (Å²) in [5.41, 5.74) is 1.51. The molecule has 0 saturated carbocycles. The summed E-state index contributed by atoms with van der Waals surface area (Å²) in [6, 6.07) is 5.67. The van der Waals surface area contributed by atoms with Crippen LogP contribution in [-0.2, 0) is 9.53 Å². The van der Waals surface area contributed by atoms with Gasteiger partial charge in [0.2, 0.25) is 5.91 Å². The maximum absolute atomic E-state index is 12.4. The standard InChI is InChI=1S/C21H26N4O2/c1-3-5-11-27-19(4-2)17-9-8-15-14-23-20(12-18(15)24-17)25-21(26)16-7-6-10-22-13-16/h4-5,8-9,11-12,14,16,22H,3,6-7,10,13H2,1-2H3,(H,23,25,26)/b11-5+,19-4-/t16-/m1/s1. The lowest BCUT2D eigenvalue weighted by Gasteiger charge is -2.21. The zero-order valence-electron chi connectivity index (χ0n) is 15.9. The van der Waals surface area contributed by atoms with Gasteiger partial charge in [0.25, 0.3) is 0 Å². The van der Waals surface area contributed by atoms with E-state index in [0.717, 1.165) is 48.9 Å². The number of anilines is 1. The SMILES string of the molecule is C/C=C(\O/C=C/CC)c1ccc2cnc(NC(=O)[C@@H]3CCCNC3)cc2n1. The molecule has 1 fully saturated rings. The molecule has 1 atom stereocenters. The summed E-state index contributed by atoms with van der Waals surface area (Å²) in [7, 11) is 0. The molecule has 0 bridgehead atoms. The quantitative estimate of drug-likeness (QED) is 0.759. The Morgan fingerprint density at radius 3 is 3.07 bits per heavy atom. The molecule has 0 unspecified atom stereocenters. The van der Waals surface area contributed by atoms with Crippen LogP contribution in [0.25, 0.3) is 16.7 Å². The number of ether oxygens (including phenoxy) is 1. The van der Waals surface area contributed by atoms with Gasteiger partial charge in [0, 0.05) is 24.2 Å². The minimum atomic E-state index is -0.0103. The Balaban J connectivity index is 1.79. The molecule has 1 aliphatic heterocycles. The van der Waals surface area contributed by atoms with E-state index in [1.165, 1.54) is 0 Å². The molecule has 0 aliphatic carbocycles. The van der Waals surface area contributed by atoms with E-state index in [1.54, 1.807) is 12.5 Å². The summed E-state index contributed by atoms with van der Waals surface area (Å²) >= 11 is 0. The molecular formula is C21H26N4O2. The van der Waals surface area contributed by atoms with E-state index in [-0.39, 0.29) is 11.8 Å². The molecule has 3 heterocycles. The van der Waals surface area contributed by atoms with Crippen LogP contribution >= 0.6 is 0 Å². The lowest BCUT2D eigenvalue weighted by Crippen LogP contribution is -2.37. The molecule has 2 N–H and O–H groups in total. The molecule has 1 amide bonds. The number of aromatic nitrogens is 2. The van der Waals surface area contributed by atoms with Crippen molar-refractivity contribution in [1.29, 1.82) is 0 Å². The number of hydrogen-bond donors (Lipinski definition) is 2. The minimum Gasteiger partial charge on any atom is -0.463 e. The number of rotatable bonds is 6. The topological polar surface area (TPSA) is 76.1 Å². The molecule has 1 aliphatic rings. The molecule has 6 nitrogen and oxygen atoms in total. The molecule has 142 valence electrons. The fraction of sp³-hybridized carbons (Fsp3) is 0.381. The fourth-order valence-corrected chi connectivity index (χ4v) is 3.02. The third kappa shape index (κ3) is 4.92. The predicted molar refractivity (Wildman–Crippen MR) is 108 cm³/mol. The predicted octanol–water partition coefficient (Wildman–Crippen LogP) is 3.87. The van der Waals surface area contributed by atoms with Crippen LogP contribution in [0.3, 0.4) is 0 Å². The maximum Gasteiger partial charge on any atom is 0.229 e. The van der Waals surface area contributed by atoms with Crippen molar-refractivity contribution in [3.63, 3.8) is 0 Å². The molecule has 2 aromatic heterocycles. The second-order valence-corrected chi connectivity index (χ2v) is 6.54. The summed E-state index contributed by atoms with van der Waals surface area (Å²) in [6.45, 7) is 5.66. The Hall–Kier alpha value is -2.73. The van der Waals surface area contributed by atoms with Crippen LogP contribution in [0.2, 0.25) is 0 Å². The highest BCUT2D eigenvalue weighted by molar-refractivity contribution is 5.93. The second-order valence-electron chi connectivity index (χ2n) is 6.54. The molecular weight excluding hydrogens is 340 g/mol. The van der Waals surface area contributed by atoms with Crippen molar-refractivity contribution in [2.45, 2.75) is 33.1 Å². The highest BCUT2D eigenvalue weighted by Crippen LogP contribution is 2.21. The number of nitrogens with one attached hydrogen (secondary N) is 2. The Labute approximate surface area is 159 Å². The first-order chi connectivity index (χ1) is 13.2. The lowest BCUT2D eigenvalue weighted by atomic mass is 9.99. The number of nitrogens with zero attached hydrogens (tertiary/aromatic N) is 2. The number of carbonyl (C=O) groups is 1. The van der Waals surface area contributed by atoms with Gasteiger partial charge < -0.3 is 15.4 Å². The van der Waals surface area contributed by atoms with E-state index in [2.05, 4.69) is 27.5 Å². The van der Waals surface area contributed by atoms with E-state index in [0.29, 0.717) is 11.6 Å². The van der Waals surface area contributed by atoms with Crippen molar-refractivity contribution in [1.82, 2.24) is 15.3 Å². The largest absolute Gasteiger partial charge is 0.463 e. The smallest absolute Gasteiger partial charge is 0.229 e. The van der Waals surface area contributed by atoms with Crippen molar-refractivity contribution in [2.24, 2.45) is 5.92 Å². The molecule has 2 aromatic rings. The van der Waals surface area contributed by atoms with Crippen molar-refractivity contribution in [2.75, 3.05) is 18.4 Å². The number of amides is 1. The van der Waals surface area contributed by atoms with E-state index in [9.17, 15) is 4.79 Å². The monoisotopic (exact) mass is 366 g/mol. The van der Waals surface area contributed by atoms with Gasteiger partial charge in [-0.15, -0.1) is 0 Å². The van der Waals surface area contributed by atoms with Crippen LogP contribution in [0, 0.1) is 5.92 Å². The first-order valence-electron chi connectivity index (χ1n) is 9.48. The van der Waals surface area contributed by atoms with Gasteiger partial charge in [-0.3, -0.25) is 4.79 Å². The van der Waals surface area contributed by atoms with Crippen LogP contribution in [0.1, 0.15) is 38.8 Å². The Morgan fingerprint density at radius 2 is 2.33 bits per heavy atom. The Bertz CT molecular complexity index is 854. The van der Waals surface area contributed by atoms with Crippen molar-refractivity contribution in [3.05, 3.63) is 48.5 Å². The first-order valence-corrected chi connectivity index (χ1v) is 9.48. The van der Waals surface area contributed by atoms with Crippen LogP contribution in [0.5, 0.6) is 0 Å². The summed E-state index contributed by atoms with van der Waals surface area (Å²) in [5, 5.41) is 7.09. The van der Waals surface area contributed by atoms with Gasteiger partial charge in [0.1, 0.15) is 17.3 Å². The Kier molecular flexibility index (Phi) is 6.54. The fourth-order valence-electron chi connectivity index (χ4n) is 3.02. The number of pyridine rings is 2. The molecule has 0 spiro atoms. The van der Waals surface area contributed by atoms with E-state index < -0.39 is 0 Å². The highest BCUT2D eigenvalue weighted by atomic mass is 16.5. The zero-order chi connectivity index (χ0) is 19.1. The second kappa shape index (κ2) is 9.28. The molecule has 27 heavy (non-hydrogen) atoms. The minimum absolute atomic E-state index is 0.00684. The van der Waals surface area contributed by atoms with E-state index in [1.807, 2.05) is 37.3 Å². The van der Waals surface area contributed by atoms with Crippen LogP contribution in [0.15, 0.2) is 42.8 Å². The summed E-state index contributed by atoms with van der Waals surface area (Å²) in [4.78, 5) is 21.4.